The van der Waals surface area contributed by atoms with Crippen molar-refractivity contribution >= 4 is 65.4 Å². The number of hydrogen-bond donors (Lipinski definition) is 1. The molecule has 3 aromatic heterocycles. The number of halogens is 1. The van der Waals surface area contributed by atoms with Crippen LogP contribution in [0.4, 0.5) is 5.00 Å². The van der Waals surface area contributed by atoms with Crippen LogP contribution in [0, 0.1) is 0 Å². The van der Waals surface area contributed by atoms with Crippen molar-refractivity contribution in [1.29, 1.82) is 0 Å². The summed E-state index contributed by atoms with van der Waals surface area (Å²) in [6.45, 7) is 3.09. The van der Waals surface area contributed by atoms with E-state index in [0.717, 1.165) is 18.5 Å². The minimum Gasteiger partial charge on any atom is -0.370 e. The lowest BCUT2D eigenvalue weighted by atomic mass is 10.3. The summed E-state index contributed by atoms with van der Waals surface area (Å²) in [7, 11) is 0. The highest BCUT2D eigenvalue weighted by molar-refractivity contribution is 9.10. The van der Waals surface area contributed by atoms with Crippen LogP contribution in [0.2, 0.25) is 0 Å². The highest BCUT2D eigenvalue weighted by atomic mass is 79.9. The smallest absolute Gasteiger partial charge is 0.127 e. The lowest BCUT2D eigenvalue weighted by Gasteiger charge is -1.99. The van der Waals surface area contributed by atoms with E-state index in [1.165, 1.54) is 30.3 Å². The minimum absolute atomic E-state index is 0.883. The second kappa shape index (κ2) is 5.91. The average Bonchev–Trinajstić information content (AvgIpc) is 3.09. The fourth-order valence-corrected chi connectivity index (χ4v) is 5.64. The summed E-state index contributed by atoms with van der Waals surface area (Å²) < 4.78 is 7.05. The molecule has 0 saturated carbocycles. The highest BCUT2D eigenvalue weighted by Gasteiger charge is 2.16. The van der Waals surface area contributed by atoms with E-state index < -0.39 is 0 Å². The van der Waals surface area contributed by atoms with Crippen LogP contribution in [0.5, 0.6) is 0 Å². The molecule has 0 aromatic carbocycles. The molecule has 0 radical (unpaired) electrons. The normalized spacial score (nSPS) is 11.3. The van der Waals surface area contributed by atoms with Crippen LogP contribution < -0.4 is 5.32 Å². The fraction of sp³-hybridized carbons (Fsp3) is 0.308. The molecule has 0 spiro atoms. The standard InChI is InChI=1S/C13H13BrN2S3/c1-2-4-9-10(14)11-12(18-9)13(19-16-11)15-7-8-5-3-6-17-8/h3,5-6,15H,2,4,7H2,1H3. The van der Waals surface area contributed by atoms with Crippen molar-refractivity contribution in [1.82, 2.24) is 4.37 Å². The van der Waals surface area contributed by atoms with Crippen molar-refractivity contribution in [3.8, 4) is 0 Å². The largest absolute Gasteiger partial charge is 0.370 e. The predicted molar refractivity (Wildman–Crippen MR) is 90.8 cm³/mol. The Balaban J connectivity index is 1.85. The van der Waals surface area contributed by atoms with Crippen LogP contribution in [0.3, 0.4) is 0 Å². The van der Waals surface area contributed by atoms with Crippen molar-refractivity contribution in [2.24, 2.45) is 0 Å². The Morgan fingerprint density at radius 2 is 2.32 bits per heavy atom. The number of rotatable bonds is 5. The molecule has 100 valence electrons. The number of aryl methyl sites for hydroxylation is 1. The van der Waals surface area contributed by atoms with Gasteiger partial charge in [0.05, 0.1) is 15.7 Å². The van der Waals surface area contributed by atoms with Gasteiger partial charge >= 0.3 is 0 Å². The van der Waals surface area contributed by atoms with Gasteiger partial charge in [-0.15, -0.1) is 22.7 Å². The summed E-state index contributed by atoms with van der Waals surface area (Å²) in [5.41, 5.74) is 1.12. The Hall–Kier alpha value is -0.430. The first kappa shape index (κ1) is 13.5. The molecule has 19 heavy (non-hydrogen) atoms. The van der Waals surface area contributed by atoms with Gasteiger partial charge in [-0.2, -0.15) is 4.37 Å². The third-order valence-electron chi connectivity index (χ3n) is 2.81. The fourth-order valence-electron chi connectivity index (χ4n) is 1.90. The molecule has 3 rings (SSSR count). The zero-order valence-corrected chi connectivity index (χ0v) is 14.4. The molecule has 0 unspecified atom stereocenters. The Kier molecular flexibility index (Phi) is 4.21. The molecule has 0 aliphatic rings. The number of anilines is 1. The van der Waals surface area contributed by atoms with Crippen LogP contribution in [0.1, 0.15) is 23.1 Å². The van der Waals surface area contributed by atoms with E-state index in [1.807, 2.05) is 11.3 Å². The van der Waals surface area contributed by atoms with Crippen molar-refractivity contribution in [2.75, 3.05) is 5.32 Å². The Bertz CT molecular complexity index is 669. The predicted octanol–water partition coefficient (Wildman–Crippen LogP) is 5.75. The van der Waals surface area contributed by atoms with E-state index in [1.54, 1.807) is 22.9 Å². The SMILES string of the molecule is CCCc1sc2c(NCc3cccs3)snc2c1Br. The molecular formula is C13H13BrN2S3. The summed E-state index contributed by atoms with van der Waals surface area (Å²) in [5, 5.41) is 6.81. The lowest BCUT2D eigenvalue weighted by Crippen LogP contribution is -1.94. The monoisotopic (exact) mass is 372 g/mol. The third kappa shape index (κ3) is 2.72. The van der Waals surface area contributed by atoms with E-state index >= 15 is 0 Å². The third-order valence-corrected chi connectivity index (χ3v) is 6.99. The van der Waals surface area contributed by atoms with Crippen LogP contribution in [-0.2, 0) is 13.0 Å². The van der Waals surface area contributed by atoms with Gasteiger partial charge in [0.1, 0.15) is 10.5 Å². The molecule has 0 amide bonds. The zero-order valence-electron chi connectivity index (χ0n) is 10.4. The van der Waals surface area contributed by atoms with Gasteiger partial charge in [-0.1, -0.05) is 19.4 Å². The molecule has 0 saturated heterocycles. The van der Waals surface area contributed by atoms with Gasteiger partial charge in [0, 0.05) is 9.75 Å². The van der Waals surface area contributed by atoms with E-state index in [-0.39, 0.29) is 0 Å². The molecule has 1 N–H and O–H groups in total. The molecular weight excluding hydrogens is 360 g/mol. The molecule has 0 fully saturated rings. The summed E-state index contributed by atoms with van der Waals surface area (Å²) in [6, 6.07) is 4.24. The number of thiophene rings is 2. The second-order valence-corrected chi connectivity index (χ2v) is 7.92. The summed E-state index contributed by atoms with van der Waals surface area (Å²) in [6.07, 6.45) is 2.29. The van der Waals surface area contributed by atoms with Gasteiger partial charge in [0.15, 0.2) is 0 Å². The first-order valence-corrected chi connectivity index (χ1v) is 9.38. The lowest BCUT2D eigenvalue weighted by molar-refractivity contribution is 0.937. The van der Waals surface area contributed by atoms with Gasteiger partial charge < -0.3 is 5.32 Å². The van der Waals surface area contributed by atoms with Gasteiger partial charge in [-0.05, 0) is 45.3 Å². The molecule has 0 aliphatic carbocycles. The van der Waals surface area contributed by atoms with Gasteiger partial charge in [-0.25, -0.2) is 0 Å². The average molecular weight is 373 g/mol. The minimum atomic E-state index is 0.883. The maximum Gasteiger partial charge on any atom is 0.127 e. The van der Waals surface area contributed by atoms with Crippen molar-refractivity contribution in [3.05, 3.63) is 31.7 Å². The van der Waals surface area contributed by atoms with Gasteiger partial charge in [0.2, 0.25) is 0 Å². The molecule has 3 heterocycles. The summed E-state index contributed by atoms with van der Waals surface area (Å²) in [4.78, 5) is 2.76. The maximum absolute atomic E-state index is 4.57. The number of nitrogens with one attached hydrogen (secondary N) is 1. The number of aromatic nitrogens is 1. The Morgan fingerprint density at radius 3 is 3.05 bits per heavy atom. The maximum atomic E-state index is 4.57. The molecule has 0 bridgehead atoms. The first-order valence-electron chi connectivity index (χ1n) is 6.12. The van der Waals surface area contributed by atoms with Crippen molar-refractivity contribution in [3.63, 3.8) is 0 Å². The van der Waals surface area contributed by atoms with E-state index in [0.29, 0.717) is 0 Å². The van der Waals surface area contributed by atoms with E-state index in [9.17, 15) is 0 Å². The molecule has 2 nitrogen and oxygen atoms in total. The topological polar surface area (TPSA) is 24.9 Å². The van der Waals surface area contributed by atoms with Crippen LogP contribution in [0.15, 0.2) is 22.0 Å². The quantitative estimate of drug-likeness (QED) is 0.616. The van der Waals surface area contributed by atoms with E-state index in [4.69, 9.17) is 0 Å². The Labute approximate surface area is 132 Å². The zero-order chi connectivity index (χ0) is 13.2. The second-order valence-electron chi connectivity index (χ2n) is 4.21. The van der Waals surface area contributed by atoms with Gasteiger partial charge in [0.25, 0.3) is 0 Å². The van der Waals surface area contributed by atoms with Crippen LogP contribution in [0.25, 0.3) is 10.2 Å². The molecule has 3 aromatic rings. The Morgan fingerprint density at radius 1 is 1.42 bits per heavy atom. The van der Waals surface area contributed by atoms with E-state index in [2.05, 4.69) is 50.1 Å². The molecule has 0 atom stereocenters. The van der Waals surface area contributed by atoms with Crippen LogP contribution in [-0.4, -0.2) is 4.37 Å². The van der Waals surface area contributed by atoms with Crippen molar-refractivity contribution in [2.45, 2.75) is 26.3 Å². The number of nitrogens with zero attached hydrogens (tertiary/aromatic N) is 1. The first-order chi connectivity index (χ1) is 9.29. The van der Waals surface area contributed by atoms with Crippen LogP contribution >= 0.6 is 50.1 Å². The molecule has 0 aliphatic heterocycles. The summed E-state index contributed by atoms with van der Waals surface area (Å²) in [5.74, 6) is 0. The van der Waals surface area contributed by atoms with Gasteiger partial charge in [-0.3, -0.25) is 0 Å². The molecule has 6 heteroatoms. The summed E-state index contributed by atoms with van der Waals surface area (Å²) >= 11 is 8.88. The highest BCUT2D eigenvalue weighted by Crippen LogP contribution is 2.42. The number of hydrogen-bond acceptors (Lipinski definition) is 5. The van der Waals surface area contributed by atoms with Crippen molar-refractivity contribution < 1.29 is 0 Å². The number of fused-ring (bicyclic) bond motifs is 1.